The van der Waals surface area contributed by atoms with E-state index in [4.69, 9.17) is 0 Å². The third-order valence-corrected chi connectivity index (χ3v) is 3.98. The number of H-pyrrole nitrogens is 1. The maximum Gasteiger partial charge on any atom is 0.134 e. The van der Waals surface area contributed by atoms with E-state index >= 15 is 0 Å². The van der Waals surface area contributed by atoms with Gasteiger partial charge < -0.3 is 15.7 Å². The number of aliphatic imine (C=N–C) groups is 2. The van der Waals surface area contributed by atoms with Crippen molar-refractivity contribution in [1.29, 1.82) is 0 Å². The Balaban J connectivity index is 1.87. The fourth-order valence-corrected chi connectivity index (χ4v) is 2.59. The number of aliphatic hydroxyl groups excluding tert-OH is 1. The van der Waals surface area contributed by atoms with Crippen LogP contribution in [0, 0.1) is 5.82 Å². The van der Waals surface area contributed by atoms with Gasteiger partial charge in [0, 0.05) is 24.2 Å². The van der Waals surface area contributed by atoms with Crippen molar-refractivity contribution in [3.8, 4) is 11.1 Å². The molecule has 0 aliphatic carbocycles. The quantitative estimate of drug-likeness (QED) is 0.329. The summed E-state index contributed by atoms with van der Waals surface area (Å²) in [6, 6.07) is 9.16. The minimum atomic E-state index is -0.453. The summed E-state index contributed by atoms with van der Waals surface area (Å²) in [6.45, 7) is 3.14. The van der Waals surface area contributed by atoms with Gasteiger partial charge in [0.2, 0.25) is 0 Å². The highest BCUT2D eigenvalue weighted by Crippen LogP contribution is 2.26. The van der Waals surface area contributed by atoms with Crippen LogP contribution in [0.25, 0.3) is 11.1 Å². The van der Waals surface area contributed by atoms with E-state index in [1.54, 1.807) is 24.5 Å². The molecule has 0 saturated carbocycles. The fraction of sp³-hybridized carbons (Fsp3) is 0.100. The van der Waals surface area contributed by atoms with Crippen LogP contribution in [0.4, 0.5) is 16.0 Å². The van der Waals surface area contributed by atoms with E-state index in [9.17, 15) is 9.50 Å². The van der Waals surface area contributed by atoms with Crippen molar-refractivity contribution in [2.24, 2.45) is 9.98 Å². The third kappa shape index (κ3) is 5.56. The average Bonchev–Trinajstić information content (AvgIpc) is 3.27. The number of nitrogens with zero attached hydrogens (tertiary/aromatic N) is 4. The van der Waals surface area contributed by atoms with Crippen LogP contribution in [-0.4, -0.2) is 40.0 Å². The molecular weight excluding hydrogens is 373 g/mol. The highest BCUT2D eigenvalue weighted by molar-refractivity contribution is 5.78. The van der Waals surface area contributed by atoms with Crippen LogP contribution in [0.5, 0.6) is 0 Å². The summed E-state index contributed by atoms with van der Waals surface area (Å²) in [5.41, 5.74) is 2.46. The van der Waals surface area contributed by atoms with Crippen LogP contribution >= 0.6 is 0 Å². The Morgan fingerprint density at radius 1 is 1.17 bits per heavy atom. The van der Waals surface area contributed by atoms with Crippen LogP contribution in [0.2, 0.25) is 0 Å². The molecule has 0 radical (unpaired) electrons. The number of pyridine rings is 1. The molecule has 9 heteroatoms. The normalized spacial score (nSPS) is 12.3. The maximum atomic E-state index is 13.2. The van der Waals surface area contributed by atoms with Gasteiger partial charge in [-0.1, -0.05) is 12.1 Å². The molecule has 0 amide bonds. The van der Waals surface area contributed by atoms with Crippen LogP contribution in [0.1, 0.15) is 11.6 Å². The number of aromatic nitrogens is 3. The van der Waals surface area contributed by atoms with Crippen LogP contribution in [0.15, 0.2) is 71.2 Å². The Kier molecular flexibility index (Phi) is 6.80. The van der Waals surface area contributed by atoms with E-state index < -0.39 is 6.04 Å². The highest BCUT2D eigenvalue weighted by atomic mass is 19.1. The molecule has 0 spiro atoms. The van der Waals surface area contributed by atoms with Crippen molar-refractivity contribution in [2.75, 3.05) is 17.2 Å². The van der Waals surface area contributed by atoms with Crippen molar-refractivity contribution < 1.29 is 9.50 Å². The third-order valence-electron chi connectivity index (χ3n) is 3.98. The van der Waals surface area contributed by atoms with Gasteiger partial charge in [-0.15, -0.1) is 0 Å². The van der Waals surface area contributed by atoms with Gasteiger partial charge in [-0.05, 0) is 42.1 Å². The second kappa shape index (κ2) is 9.90. The Morgan fingerprint density at radius 3 is 2.66 bits per heavy atom. The van der Waals surface area contributed by atoms with Gasteiger partial charge in [0.05, 0.1) is 25.2 Å². The minimum Gasteiger partial charge on any atom is -0.394 e. The second-order valence-corrected chi connectivity index (χ2v) is 5.95. The number of hydrogen-bond acceptors (Lipinski definition) is 6. The second-order valence-electron chi connectivity index (χ2n) is 5.95. The summed E-state index contributed by atoms with van der Waals surface area (Å²) in [5.74, 6) is 0.717. The molecule has 3 aromatic rings. The lowest BCUT2D eigenvalue weighted by atomic mass is 10.1. The zero-order valence-corrected chi connectivity index (χ0v) is 15.5. The summed E-state index contributed by atoms with van der Waals surface area (Å²) in [6.07, 6.45) is 7.86. The Hall–Kier alpha value is -3.85. The lowest BCUT2D eigenvalue weighted by molar-refractivity contribution is 0.276. The van der Waals surface area contributed by atoms with Crippen molar-refractivity contribution in [1.82, 2.24) is 15.2 Å². The predicted molar refractivity (Wildman–Crippen MR) is 112 cm³/mol. The SMILES string of the molecule is C=N/C=C\N=C\Nc1cc(-c2cn[nH]c2)cc(NC(CO)c2ccc(F)cc2)n1. The molecule has 0 aliphatic heterocycles. The van der Waals surface area contributed by atoms with Gasteiger partial charge in [-0.25, -0.2) is 14.4 Å². The van der Waals surface area contributed by atoms with E-state index in [1.165, 1.54) is 30.9 Å². The number of anilines is 2. The molecule has 0 saturated heterocycles. The molecule has 0 aliphatic rings. The number of rotatable bonds is 9. The number of aromatic amines is 1. The Labute approximate surface area is 167 Å². The van der Waals surface area contributed by atoms with Gasteiger partial charge in [0.1, 0.15) is 17.5 Å². The van der Waals surface area contributed by atoms with Crippen molar-refractivity contribution >= 4 is 24.7 Å². The first-order valence-electron chi connectivity index (χ1n) is 8.72. The first-order valence-corrected chi connectivity index (χ1v) is 8.72. The van der Waals surface area contributed by atoms with Crippen LogP contribution < -0.4 is 10.6 Å². The Morgan fingerprint density at radius 2 is 1.97 bits per heavy atom. The molecule has 0 bridgehead atoms. The predicted octanol–water partition coefficient (Wildman–Crippen LogP) is 3.37. The molecule has 1 aromatic carbocycles. The summed E-state index contributed by atoms with van der Waals surface area (Å²) in [4.78, 5) is 12.1. The highest BCUT2D eigenvalue weighted by Gasteiger charge is 2.13. The van der Waals surface area contributed by atoms with Gasteiger partial charge in [0.25, 0.3) is 0 Å². The number of aliphatic hydroxyl groups is 1. The fourth-order valence-electron chi connectivity index (χ4n) is 2.59. The molecular formula is C20H20FN7O. The lowest BCUT2D eigenvalue weighted by Gasteiger charge is -2.18. The van der Waals surface area contributed by atoms with Crippen LogP contribution in [0.3, 0.4) is 0 Å². The zero-order valence-electron chi connectivity index (χ0n) is 15.5. The van der Waals surface area contributed by atoms with E-state index in [1.807, 2.05) is 12.1 Å². The largest absolute Gasteiger partial charge is 0.394 e. The zero-order chi connectivity index (χ0) is 20.5. The van der Waals surface area contributed by atoms with Crippen molar-refractivity contribution in [2.45, 2.75) is 6.04 Å². The van der Waals surface area contributed by atoms with Crippen molar-refractivity contribution in [3.63, 3.8) is 0 Å². The molecule has 2 heterocycles. The molecule has 8 nitrogen and oxygen atoms in total. The minimum absolute atomic E-state index is 0.188. The Bertz CT molecular complexity index is 985. The number of benzene rings is 1. The van der Waals surface area contributed by atoms with E-state index in [2.05, 4.69) is 42.5 Å². The van der Waals surface area contributed by atoms with E-state index in [0.29, 0.717) is 11.6 Å². The summed E-state index contributed by atoms with van der Waals surface area (Å²) in [5, 5.41) is 22.7. The molecule has 3 rings (SSSR count). The first kappa shape index (κ1) is 19.9. The topological polar surface area (TPSA) is 111 Å². The van der Waals surface area contributed by atoms with Crippen molar-refractivity contribution in [3.05, 3.63) is 72.6 Å². The number of nitrogens with one attached hydrogen (secondary N) is 3. The van der Waals surface area contributed by atoms with Gasteiger partial charge in [-0.3, -0.25) is 10.1 Å². The monoisotopic (exact) mass is 393 g/mol. The maximum absolute atomic E-state index is 13.2. The molecule has 4 N–H and O–H groups in total. The number of hydrogen-bond donors (Lipinski definition) is 4. The molecule has 148 valence electrons. The van der Waals surface area contributed by atoms with Crippen LogP contribution in [-0.2, 0) is 0 Å². The standard InChI is InChI=1S/C20H20FN7O/c1-22-6-7-23-13-24-19-8-15(16-10-25-26-11-16)9-20(28-19)27-18(12-29)14-2-4-17(21)5-3-14/h2-11,13,18,29H,1,12H2,(H,25,26)(H2,23,24,27,28)/b7-6-. The summed E-state index contributed by atoms with van der Waals surface area (Å²) in [7, 11) is 0. The smallest absolute Gasteiger partial charge is 0.134 e. The molecule has 1 atom stereocenters. The van der Waals surface area contributed by atoms with Gasteiger partial charge >= 0.3 is 0 Å². The van der Waals surface area contributed by atoms with Gasteiger partial charge in [0.15, 0.2) is 0 Å². The van der Waals surface area contributed by atoms with Gasteiger partial charge in [-0.2, -0.15) is 5.10 Å². The molecule has 2 aromatic heterocycles. The lowest BCUT2D eigenvalue weighted by Crippen LogP contribution is -2.16. The van der Waals surface area contributed by atoms with E-state index in [-0.39, 0.29) is 12.4 Å². The molecule has 29 heavy (non-hydrogen) atoms. The summed E-state index contributed by atoms with van der Waals surface area (Å²) < 4.78 is 13.2. The first-order chi connectivity index (χ1) is 14.2. The number of halogens is 1. The van der Waals surface area contributed by atoms with E-state index in [0.717, 1.165) is 16.7 Å². The molecule has 1 unspecified atom stereocenters. The summed E-state index contributed by atoms with van der Waals surface area (Å²) >= 11 is 0. The average molecular weight is 393 g/mol. The molecule has 0 fully saturated rings.